The second-order valence-electron chi connectivity index (χ2n) is 8.85. The van der Waals surface area contributed by atoms with Crippen LogP contribution < -0.4 is 26.4 Å². The van der Waals surface area contributed by atoms with E-state index < -0.39 is 18.1 Å². The lowest BCUT2D eigenvalue weighted by atomic mass is 9.92. The number of nitrogens with two attached hydrogens (primary N) is 1. The van der Waals surface area contributed by atoms with Crippen LogP contribution in [0.3, 0.4) is 0 Å². The van der Waals surface area contributed by atoms with Crippen LogP contribution in [0.5, 0.6) is 11.6 Å². The Morgan fingerprint density at radius 1 is 1.03 bits per heavy atom. The molecule has 0 aliphatic heterocycles. The second-order valence-corrected chi connectivity index (χ2v) is 8.85. The molecule has 1 aromatic heterocycles. The van der Waals surface area contributed by atoms with Crippen molar-refractivity contribution in [2.75, 3.05) is 16.0 Å². The fourth-order valence-corrected chi connectivity index (χ4v) is 4.15. The number of nitrogens with zero attached hydrogens (tertiary/aromatic N) is 2. The number of hydrogen-bond donors (Lipinski definition) is 5. The Morgan fingerprint density at radius 3 is 2.47 bits per heavy atom. The highest BCUT2D eigenvalue weighted by Gasteiger charge is 2.32. The predicted molar refractivity (Wildman–Crippen MR) is 132 cm³/mol. The largest absolute Gasteiger partial charge is 0.439 e. The molecule has 0 bridgehead atoms. The maximum atomic E-state index is 13.1. The highest BCUT2D eigenvalue weighted by molar-refractivity contribution is 5.53. The zero-order valence-electron chi connectivity index (χ0n) is 19.7. The van der Waals surface area contributed by atoms with Gasteiger partial charge in [0.2, 0.25) is 12.2 Å². The fourth-order valence-electron chi connectivity index (χ4n) is 4.15. The monoisotopic (exact) mass is 502 g/mol. The molecule has 1 aliphatic rings. The van der Waals surface area contributed by atoms with Gasteiger partial charge in [0.15, 0.2) is 0 Å². The summed E-state index contributed by atoms with van der Waals surface area (Å²) >= 11 is 0. The first kappa shape index (κ1) is 25.5. The van der Waals surface area contributed by atoms with E-state index in [2.05, 4.69) is 25.9 Å². The fraction of sp³-hybridized carbons (Fsp3) is 0.360. The minimum Gasteiger partial charge on any atom is -0.439 e. The molecule has 6 N–H and O–H groups in total. The molecule has 2 aromatic carbocycles. The van der Waals surface area contributed by atoms with Gasteiger partial charge in [-0.25, -0.2) is 9.97 Å². The molecule has 4 rings (SSSR count). The van der Waals surface area contributed by atoms with Gasteiger partial charge < -0.3 is 31.5 Å². The molecule has 1 aliphatic carbocycles. The lowest BCUT2D eigenvalue weighted by Gasteiger charge is -2.27. The molecule has 1 saturated carbocycles. The summed E-state index contributed by atoms with van der Waals surface area (Å²) in [6, 6.07) is 12.7. The zero-order chi connectivity index (χ0) is 25.7. The van der Waals surface area contributed by atoms with Crippen LogP contribution in [0.15, 0.2) is 54.9 Å². The van der Waals surface area contributed by atoms with Gasteiger partial charge in [0.25, 0.3) is 0 Å². The summed E-state index contributed by atoms with van der Waals surface area (Å²) in [5.41, 5.74) is 6.07. The highest BCUT2D eigenvalue weighted by Crippen LogP contribution is 2.33. The first-order valence-electron chi connectivity index (χ1n) is 11.7. The molecule has 0 radical (unpaired) electrons. The third kappa shape index (κ3) is 6.98. The molecule has 0 amide bonds. The number of nitrogens with one attached hydrogen (secondary N) is 3. The summed E-state index contributed by atoms with van der Waals surface area (Å²) < 4.78 is 45.2. The van der Waals surface area contributed by atoms with Crippen LogP contribution in [0.1, 0.15) is 36.8 Å². The van der Waals surface area contributed by atoms with Gasteiger partial charge in [-0.05, 0) is 74.6 Å². The number of benzene rings is 2. The molecule has 3 aromatic rings. The van der Waals surface area contributed by atoms with E-state index in [1.807, 2.05) is 0 Å². The number of halogens is 3. The summed E-state index contributed by atoms with van der Waals surface area (Å²) in [7, 11) is 0. The molecule has 8 nitrogen and oxygen atoms in total. The Hall–Kier alpha value is -3.57. The number of aliphatic hydroxyl groups excluding tert-OH is 1. The molecule has 0 saturated heterocycles. The molecule has 1 fully saturated rings. The smallest absolute Gasteiger partial charge is 0.416 e. The van der Waals surface area contributed by atoms with E-state index in [-0.39, 0.29) is 23.3 Å². The maximum Gasteiger partial charge on any atom is 0.416 e. The number of alkyl halides is 3. The summed E-state index contributed by atoms with van der Waals surface area (Å²) in [5.74, 6) is 1.55. The van der Waals surface area contributed by atoms with Gasteiger partial charge >= 0.3 is 6.18 Å². The van der Waals surface area contributed by atoms with E-state index in [1.54, 1.807) is 30.3 Å². The van der Waals surface area contributed by atoms with Crippen molar-refractivity contribution < 1.29 is 23.0 Å². The first-order valence-corrected chi connectivity index (χ1v) is 11.7. The van der Waals surface area contributed by atoms with Gasteiger partial charge in [-0.15, -0.1) is 0 Å². The number of aryl methyl sites for hydroxylation is 1. The van der Waals surface area contributed by atoms with Gasteiger partial charge in [0, 0.05) is 29.5 Å². The number of anilines is 3. The van der Waals surface area contributed by atoms with Crippen molar-refractivity contribution in [2.45, 2.75) is 57.2 Å². The predicted octanol–water partition coefficient (Wildman–Crippen LogP) is 5.08. The second kappa shape index (κ2) is 11.0. The summed E-state index contributed by atoms with van der Waals surface area (Å²) in [5, 5.41) is 19.0. The normalized spacial score (nSPS) is 18.8. The van der Waals surface area contributed by atoms with Gasteiger partial charge in [0.1, 0.15) is 17.9 Å². The van der Waals surface area contributed by atoms with Gasteiger partial charge in [0.05, 0.1) is 5.56 Å². The minimum atomic E-state index is -4.47. The van der Waals surface area contributed by atoms with Crippen LogP contribution in [-0.2, 0) is 6.18 Å². The molecule has 0 spiro atoms. The highest BCUT2D eigenvalue weighted by atomic mass is 19.4. The Labute approximate surface area is 207 Å². The van der Waals surface area contributed by atoms with Crippen LogP contribution in [0.2, 0.25) is 0 Å². The summed E-state index contributed by atoms with van der Waals surface area (Å²) in [6.07, 6.45) is -0.312. The van der Waals surface area contributed by atoms with Crippen LogP contribution in [-0.4, -0.2) is 33.5 Å². The minimum absolute atomic E-state index is 0.107. The first-order chi connectivity index (χ1) is 17.2. The average molecular weight is 503 g/mol. The molecule has 192 valence electrons. The lowest BCUT2D eigenvalue weighted by Crippen LogP contribution is -2.35. The van der Waals surface area contributed by atoms with E-state index in [4.69, 9.17) is 10.5 Å². The van der Waals surface area contributed by atoms with Gasteiger partial charge in [-0.2, -0.15) is 13.2 Å². The van der Waals surface area contributed by atoms with Crippen LogP contribution in [0.25, 0.3) is 0 Å². The van der Waals surface area contributed by atoms with Gasteiger partial charge in [-0.3, -0.25) is 0 Å². The van der Waals surface area contributed by atoms with Crippen LogP contribution in [0, 0.1) is 6.92 Å². The van der Waals surface area contributed by atoms with Crippen molar-refractivity contribution in [1.82, 2.24) is 9.97 Å². The van der Waals surface area contributed by atoms with Crippen molar-refractivity contribution in [1.29, 1.82) is 0 Å². The SMILES string of the molecule is Cc1ccc(NC(O)Nc2ccc(Oc3cc(NC4CCCC(N)C4)ncn3)cc2)cc1C(F)(F)F. The topological polar surface area (TPSA) is 117 Å². The molecule has 1 heterocycles. The summed E-state index contributed by atoms with van der Waals surface area (Å²) in [4.78, 5) is 8.40. The number of aromatic nitrogens is 2. The van der Waals surface area contributed by atoms with E-state index in [9.17, 15) is 18.3 Å². The van der Waals surface area contributed by atoms with Crippen molar-refractivity contribution in [3.05, 3.63) is 66.0 Å². The number of aliphatic hydroxyl groups is 1. The standard InChI is InChI=1S/C25H29F3N6O2/c1-15-5-6-19(12-21(15)25(26,27)28)34-24(35)33-17-7-9-20(10-8-17)36-23-13-22(30-14-31-23)32-18-4-2-3-16(29)11-18/h5-10,12-14,16,18,24,33-35H,2-4,11,29H2,1H3,(H,30,31,32). The summed E-state index contributed by atoms with van der Waals surface area (Å²) in [6.45, 7) is 1.39. The molecule has 11 heteroatoms. The van der Waals surface area contributed by atoms with Crippen molar-refractivity contribution in [3.8, 4) is 11.6 Å². The molecule has 3 atom stereocenters. The third-order valence-corrected chi connectivity index (χ3v) is 5.94. The van der Waals surface area contributed by atoms with E-state index in [0.29, 0.717) is 23.1 Å². The maximum absolute atomic E-state index is 13.1. The van der Waals surface area contributed by atoms with Gasteiger partial charge in [-0.1, -0.05) is 6.07 Å². The van der Waals surface area contributed by atoms with E-state index >= 15 is 0 Å². The Kier molecular flexibility index (Phi) is 7.80. The molecular formula is C25H29F3N6O2. The van der Waals surface area contributed by atoms with Crippen molar-refractivity contribution in [2.24, 2.45) is 5.73 Å². The number of ether oxygens (including phenoxy) is 1. The Morgan fingerprint density at radius 2 is 1.75 bits per heavy atom. The third-order valence-electron chi connectivity index (χ3n) is 5.94. The van der Waals surface area contributed by atoms with E-state index in [0.717, 1.165) is 31.7 Å². The van der Waals surface area contributed by atoms with Crippen LogP contribution >= 0.6 is 0 Å². The average Bonchev–Trinajstić information content (AvgIpc) is 2.81. The molecule has 36 heavy (non-hydrogen) atoms. The van der Waals surface area contributed by atoms with Crippen LogP contribution in [0.4, 0.5) is 30.4 Å². The molecule has 3 unspecified atom stereocenters. The lowest BCUT2D eigenvalue weighted by molar-refractivity contribution is -0.138. The van der Waals surface area contributed by atoms with E-state index in [1.165, 1.54) is 25.4 Å². The molecular weight excluding hydrogens is 473 g/mol. The van der Waals surface area contributed by atoms with Crippen molar-refractivity contribution >= 4 is 17.2 Å². The zero-order valence-corrected chi connectivity index (χ0v) is 19.7. The Bertz CT molecular complexity index is 1160. The number of rotatable bonds is 8. The van der Waals surface area contributed by atoms with Crippen molar-refractivity contribution in [3.63, 3.8) is 0 Å². The number of hydrogen-bond acceptors (Lipinski definition) is 8. The quantitative estimate of drug-likeness (QED) is 0.271. The Balaban J connectivity index is 1.32.